The minimum Gasteiger partial charge on any atom is -0.481 e. The first-order valence-corrected chi connectivity index (χ1v) is 8.96. The molecular formula is C20H21N3O4. The lowest BCUT2D eigenvalue weighted by Crippen LogP contribution is -2.37. The van der Waals surface area contributed by atoms with Crippen molar-refractivity contribution in [2.75, 3.05) is 5.32 Å². The summed E-state index contributed by atoms with van der Waals surface area (Å²) in [6.45, 7) is 1.76. The minimum atomic E-state index is -0.960. The van der Waals surface area contributed by atoms with Gasteiger partial charge in [0.25, 0.3) is 5.56 Å². The molecule has 1 amide bonds. The molecule has 1 aromatic carbocycles. The zero-order valence-corrected chi connectivity index (χ0v) is 15.1. The van der Waals surface area contributed by atoms with E-state index in [1.807, 2.05) is 42.5 Å². The van der Waals surface area contributed by atoms with Crippen LogP contribution < -0.4 is 10.9 Å². The third kappa shape index (κ3) is 2.61. The zero-order valence-electron chi connectivity index (χ0n) is 15.1. The Kier molecular flexibility index (Phi) is 4.02. The van der Waals surface area contributed by atoms with E-state index in [1.54, 1.807) is 18.7 Å². The lowest BCUT2D eigenvalue weighted by atomic mass is 9.82. The van der Waals surface area contributed by atoms with Crippen LogP contribution in [-0.2, 0) is 16.6 Å². The second-order valence-corrected chi connectivity index (χ2v) is 7.26. The maximum atomic E-state index is 12.9. The van der Waals surface area contributed by atoms with E-state index in [2.05, 4.69) is 5.32 Å². The molecule has 0 radical (unpaired) electrons. The first-order chi connectivity index (χ1) is 12.9. The molecule has 2 N–H and O–H groups in total. The van der Waals surface area contributed by atoms with Crippen LogP contribution in [0.2, 0.25) is 0 Å². The Morgan fingerprint density at radius 2 is 1.74 bits per heavy atom. The number of anilines is 1. The number of rotatable bonds is 4. The smallest absolute Gasteiger partial charge is 0.307 e. The van der Waals surface area contributed by atoms with Gasteiger partial charge < -0.3 is 10.4 Å². The van der Waals surface area contributed by atoms with Crippen molar-refractivity contribution in [2.24, 2.45) is 30.7 Å². The fraction of sp³-hybridized carbons (Fsp3) is 0.350. The van der Waals surface area contributed by atoms with Gasteiger partial charge in [-0.25, -0.2) is 4.68 Å². The summed E-state index contributed by atoms with van der Waals surface area (Å²) in [6, 6.07) is 9.16. The van der Waals surface area contributed by atoms with Gasteiger partial charge >= 0.3 is 5.97 Å². The van der Waals surface area contributed by atoms with Crippen molar-refractivity contribution in [1.29, 1.82) is 0 Å². The van der Waals surface area contributed by atoms with Crippen molar-refractivity contribution in [1.82, 2.24) is 9.36 Å². The molecule has 0 aliphatic heterocycles. The monoisotopic (exact) mass is 367 g/mol. The molecule has 4 atom stereocenters. The summed E-state index contributed by atoms with van der Waals surface area (Å²) >= 11 is 0. The summed E-state index contributed by atoms with van der Waals surface area (Å²) in [6.07, 6.45) is 4.49. The Labute approximate surface area is 155 Å². The van der Waals surface area contributed by atoms with Crippen molar-refractivity contribution < 1.29 is 14.7 Å². The molecule has 140 valence electrons. The molecule has 1 aromatic heterocycles. The highest BCUT2D eigenvalue weighted by molar-refractivity contribution is 5.96. The molecule has 7 nitrogen and oxygen atoms in total. The number of carboxylic acids is 1. The van der Waals surface area contributed by atoms with Gasteiger partial charge in [-0.3, -0.25) is 19.1 Å². The Balaban J connectivity index is 1.68. The number of carboxylic acid groups (broad SMARTS) is 1. The van der Waals surface area contributed by atoms with Crippen molar-refractivity contribution in [2.45, 2.75) is 13.3 Å². The van der Waals surface area contributed by atoms with Crippen LogP contribution in [0.5, 0.6) is 0 Å². The maximum absolute atomic E-state index is 12.9. The van der Waals surface area contributed by atoms with Crippen molar-refractivity contribution in [3.63, 3.8) is 0 Å². The number of carbonyl (C=O) groups excluding carboxylic acids is 1. The van der Waals surface area contributed by atoms with E-state index in [-0.39, 0.29) is 23.1 Å². The average molecular weight is 367 g/mol. The van der Waals surface area contributed by atoms with E-state index in [0.29, 0.717) is 17.8 Å². The summed E-state index contributed by atoms with van der Waals surface area (Å²) in [4.78, 5) is 37.5. The van der Waals surface area contributed by atoms with Crippen molar-refractivity contribution >= 4 is 17.6 Å². The lowest BCUT2D eigenvalue weighted by molar-refractivity contribution is -0.146. The van der Waals surface area contributed by atoms with Gasteiger partial charge in [0, 0.05) is 7.05 Å². The highest BCUT2D eigenvalue weighted by Crippen LogP contribution is 2.48. The molecule has 2 aliphatic carbocycles. The molecular weight excluding hydrogens is 346 g/mol. The summed E-state index contributed by atoms with van der Waals surface area (Å²) in [5, 5.41) is 12.3. The van der Waals surface area contributed by atoms with Crippen LogP contribution in [0, 0.1) is 30.6 Å². The standard InChI is InChI=1S/C20H21N3O4/c1-11-17(19(25)23(22(11)2)14-6-4-3-5-7-14)21-18(24)15-12-8-9-13(10-12)16(15)20(26)27/h3-9,12-13,15-16H,10H2,1-2H3,(H,21,24)(H,26,27)/t12-,13+,15+,16+/m1/s1. The van der Waals surface area contributed by atoms with E-state index < -0.39 is 23.7 Å². The van der Waals surface area contributed by atoms with Gasteiger partial charge in [0.2, 0.25) is 5.91 Å². The highest BCUT2D eigenvalue weighted by Gasteiger charge is 2.51. The average Bonchev–Trinajstić information content (AvgIpc) is 3.32. The molecule has 1 heterocycles. The fourth-order valence-corrected chi connectivity index (χ4v) is 4.44. The van der Waals surface area contributed by atoms with E-state index in [4.69, 9.17) is 0 Å². The molecule has 27 heavy (non-hydrogen) atoms. The molecule has 0 saturated heterocycles. The number of nitrogens with one attached hydrogen (secondary N) is 1. The van der Waals surface area contributed by atoms with Gasteiger partial charge in [-0.15, -0.1) is 0 Å². The largest absolute Gasteiger partial charge is 0.481 e. The van der Waals surface area contributed by atoms with Crippen LogP contribution in [0.25, 0.3) is 5.69 Å². The first kappa shape index (κ1) is 17.3. The SMILES string of the molecule is Cc1c(NC(=O)[C@@H]2[C@@H](C(=O)O)[C@H]3C=C[C@@H]2C3)c(=O)n(-c2ccccc2)n1C. The Bertz CT molecular complexity index is 1000. The third-order valence-corrected chi connectivity index (χ3v) is 5.85. The van der Waals surface area contributed by atoms with Crippen LogP contribution in [0.1, 0.15) is 12.1 Å². The van der Waals surface area contributed by atoms with E-state index in [1.165, 1.54) is 4.68 Å². The number of aliphatic carboxylic acids is 1. The number of allylic oxidation sites excluding steroid dienone is 2. The lowest BCUT2D eigenvalue weighted by Gasteiger charge is -2.23. The van der Waals surface area contributed by atoms with E-state index >= 15 is 0 Å². The molecule has 7 heteroatoms. The summed E-state index contributed by atoms with van der Waals surface area (Å²) < 4.78 is 3.17. The Hall–Kier alpha value is -3.09. The predicted octanol–water partition coefficient (Wildman–Crippen LogP) is 1.95. The molecule has 1 saturated carbocycles. The second kappa shape index (κ2) is 6.26. The Morgan fingerprint density at radius 3 is 2.37 bits per heavy atom. The summed E-state index contributed by atoms with van der Waals surface area (Å²) in [5.41, 5.74) is 1.17. The second-order valence-electron chi connectivity index (χ2n) is 7.26. The summed E-state index contributed by atoms with van der Waals surface area (Å²) in [7, 11) is 1.75. The Morgan fingerprint density at radius 1 is 1.11 bits per heavy atom. The molecule has 0 unspecified atom stereocenters. The number of nitrogens with zero attached hydrogens (tertiary/aromatic N) is 2. The number of benzene rings is 1. The van der Waals surface area contributed by atoms with E-state index in [9.17, 15) is 19.5 Å². The van der Waals surface area contributed by atoms with Crippen LogP contribution >= 0.6 is 0 Å². The zero-order chi connectivity index (χ0) is 19.3. The predicted molar refractivity (Wildman–Crippen MR) is 99.7 cm³/mol. The number of carbonyl (C=O) groups is 2. The van der Waals surface area contributed by atoms with Gasteiger partial charge in [0.05, 0.1) is 23.2 Å². The number of hydrogen-bond acceptors (Lipinski definition) is 3. The number of para-hydroxylation sites is 1. The molecule has 1 fully saturated rings. The molecule has 0 spiro atoms. The highest BCUT2D eigenvalue weighted by atomic mass is 16.4. The van der Waals surface area contributed by atoms with Gasteiger partial charge in [-0.05, 0) is 37.3 Å². The van der Waals surface area contributed by atoms with Gasteiger partial charge in [0.1, 0.15) is 5.69 Å². The normalized spacial score (nSPS) is 25.7. The first-order valence-electron chi connectivity index (χ1n) is 8.96. The van der Waals surface area contributed by atoms with Crippen LogP contribution in [0.4, 0.5) is 5.69 Å². The van der Waals surface area contributed by atoms with Crippen molar-refractivity contribution in [3.8, 4) is 5.69 Å². The van der Waals surface area contributed by atoms with Crippen LogP contribution in [0.15, 0.2) is 47.3 Å². The quantitative estimate of drug-likeness (QED) is 0.808. The third-order valence-electron chi connectivity index (χ3n) is 5.85. The number of hydrogen-bond donors (Lipinski definition) is 2. The number of fused-ring (bicyclic) bond motifs is 2. The molecule has 2 aliphatic rings. The fourth-order valence-electron chi connectivity index (χ4n) is 4.44. The van der Waals surface area contributed by atoms with Gasteiger partial charge in [-0.2, -0.15) is 0 Å². The summed E-state index contributed by atoms with van der Waals surface area (Å²) in [5.74, 6) is -2.94. The van der Waals surface area contributed by atoms with Gasteiger partial charge in [0.15, 0.2) is 0 Å². The molecule has 2 bridgehead atoms. The number of amides is 1. The topological polar surface area (TPSA) is 93.3 Å². The maximum Gasteiger partial charge on any atom is 0.307 e. The van der Waals surface area contributed by atoms with Crippen molar-refractivity contribution in [3.05, 3.63) is 58.5 Å². The molecule has 4 rings (SSSR count). The van der Waals surface area contributed by atoms with E-state index in [0.717, 1.165) is 0 Å². The van der Waals surface area contributed by atoms with Crippen LogP contribution in [0.3, 0.4) is 0 Å². The van der Waals surface area contributed by atoms with Gasteiger partial charge in [-0.1, -0.05) is 30.4 Å². The number of aromatic nitrogens is 2. The van der Waals surface area contributed by atoms with Crippen LogP contribution in [-0.4, -0.2) is 26.3 Å². The molecule has 2 aromatic rings. The minimum absolute atomic E-state index is 0.0866.